The van der Waals surface area contributed by atoms with Crippen LogP contribution in [0.2, 0.25) is 0 Å². The summed E-state index contributed by atoms with van der Waals surface area (Å²) < 4.78 is 0. The van der Waals surface area contributed by atoms with Crippen molar-refractivity contribution in [3.63, 3.8) is 0 Å². The van der Waals surface area contributed by atoms with Gasteiger partial charge in [0.1, 0.15) is 0 Å². The maximum atomic E-state index is 9.59. The van der Waals surface area contributed by atoms with Crippen LogP contribution in [0.3, 0.4) is 0 Å². The number of rotatable bonds is 1. The van der Waals surface area contributed by atoms with Gasteiger partial charge in [0.15, 0.2) is 0 Å². The predicted octanol–water partition coefficient (Wildman–Crippen LogP) is 1.47. The average Bonchev–Trinajstić information content (AvgIpc) is 2.72. The molecule has 0 aromatic heterocycles. The summed E-state index contributed by atoms with van der Waals surface area (Å²) in [7, 11) is 0. The fourth-order valence-corrected chi connectivity index (χ4v) is 1.10. The molecule has 2 heteroatoms. The second kappa shape index (κ2) is 3.08. The summed E-state index contributed by atoms with van der Waals surface area (Å²) in [4.78, 5) is 0. The van der Waals surface area contributed by atoms with E-state index in [0.717, 1.165) is 18.4 Å². The van der Waals surface area contributed by atoms with Gasteiger partial charge in [-0.1, -0.05) is 0 Å². The molecule has 1 fully saturated rings. The molecule has 0 atom stereocenters. The third kappa shape index (κ3) is 1.72. The van der Waals surface area contributed by atoms with Gasteiger partial charge in [0.25, 0.3) is 0 Å². The minimum atomic E-state index is -0.477. The van der Waals surface area contributed by atoms with Gasteiger partial charge in [-0.3, -0.25) is 0 Å². The standard InChI is InChI=1S/C9H9O.W/c10-9(6-7-9)8-4-2-1-3-5-8;/h2-5,10H,6-7H2;/q-1;. The van der Waals surface area contributed by atoms with E-state index in [1.165, 1.54) is 0 Å². The zero-order chi connectivity index (χ0) is 7.03. The van der Waals surface area contributed by atoms with E-state index in [4.69, 9.17) is 0 Å². The SMILES string of the molecule is OC1(c2cc[c-]cc2)CC1.[W]. The molecular formula is C9H9OW-. The third-order valence-corrected chi connectivity index (χ3v) is 1.98. The summed E-state index contributed by atoms with van der Waals surface area (Å²) in [5.74, 6) is 0. The molecule has 0 amide bonds. The molecule has 0 saturated heterocycles. The van der Waals surface area contributed by atoms with E-state index in [-0.39, 0.29) is 21.1 Å². The summed E-state index contributed by atoms with van der Waals surface area (Å²) in [5.41, 5.74) is 0.556. The average molecular weight is 317 g/mol. The second-order valence-electron chi connectivity index (χ2n) is 2.82. The minimum absolute atomic E-state index is 0. The predicted molar refractivity (Wildman–Crippen MR) is 38.4 cm³/mol. The molecule has 0 spiro atoms. The Hall–Kier alpha value is -0.132. The Bertz CT molecular complexity index is 229. The third-order valence-electron chi connectivity index (χ3n) is 1.98. The van der Waals surface area contributed by atoms with E-state index in [2.05, 4.69) is 6.07 Å². The number of hydrogen-bond acceptors (Lipinski definition) is 1. The number of hydrogen-bond donors (Lipinski definition) is 1. The van der Waals surface area contributed by atoms with Crippen LogP contribution >= 0.6 is 0 Å². The monoisotopic (exact) mass is 317 g/mol. The van der Waals surface area contributed by atoms with Gasteiger partial charge in [0, 0.05) is 21.1 Å². The van der Waals surface area contributed by atoms with Gasteiger partial charge in [-0.25, -0.2) is 0 Å². The summed E-state index contributed by atoms with van der Waals surface area (Å²) >= 11 is 0. The maximum Gasteiger partial charge on any atom is 0.0680 e. The molecule has 1 N–H and O–H groups in total. The molecule has 0 aliphatic heterocycles. The molecule has 1 saturated carbocycles. The fourth-order valence-electron chi connectivity index (χ4n) is 1.10. The van der Waals surface area contributed by atoms with Gasteiger partial charge < -0.3 is 5.11 Å². The summed E-state index contributed by atoms with van der Waals surface area (Å²) in [6.45, 7) is 0. The fraction of sp³-hybridized carbons (Fsp3) is 0.333. The number of aliphatic hydroxyl groups is 1. The van der Waals surface area contributed by atoms with Crippen molar-refractivity contribution in [1.82, 2.24) is 0 Å². The summed E-state index contributed by atoms with van der Waals surface area (Å²) in [6.07, 6.45) is 1.83. The van der Waals surface area contributed by atoms with E-state index < -0.39 is 5.60 Å². The Labute approximate surface area is 80.7 Å². The summed E-state index contributed by atoms with van der Waals surface area (Å²) in [6, 6.07) is 10.4. The molecule has 1 aromatic carbocycles. The van der Waals surface area contributed by atoms with Gasteiger partial charge >= 0.3 is 0 Å². The first-order chi connectivity index (χ1) is 4.81. The van der Waals surface area contributed by atoms with Crippen molar-refractivity contribution in [1.29, 1.82) is 0 Å². The van der Waals surface area contributed by atoms with Crippen LogP contribution in [-0.2, 0) is 26.7 Å². The first-order valence-corrected chi connectivity index (χ1v) is 3.50. The van der Waals surface area contributed by atoms with Crippen molar-refractivity contribution in [3.8, 4) is 0 Å². The molecule has 1 aliphatic carbocycles. The van der Waals surface area contributed by atoms with Gasteiger partial charge in [-0.15, -0.1) is 5.56 Å². The molecule has 0 heterocycles. The smallest absolute Gasteiger partial charge is 0.0680 e. The molecular weight excluding hydrogens is 308 g/mol. The van der Waals surface area contributed by atoms with E-state index >= 15 is 0 Å². The van der Waals surface area contributed by atoms with Crippen molar-refractivity contribution in [2.75, 3.05) is 0 Å². The molecule has 0 unspecified atom stereocenters. The zero-order valence-electron chi connectivity index (χ0n) is 6.08. The van der Waals surface area contributed by atoms with Crippen LogP contribution in [0.25, 0.3) is 0 Å². The van der Waals surface area contributed by atoms with Crippen LogP contribution in [-0.4, -0.2) is 5.11 Å². The topological polar surface area (TPSA) is 20.2 Å². The van der Waals surface area contributed by atoms with Crippen LogP contribution in [0.1, 0.15) is 18.4 Å². The number of benzene rings is 1. The molecule has 0 radical (unpaired) electrons. The largest absolute Gasteiger partial charge is 0.387 e. The Kier molecular flexibility index (Phi) is 2.51. The van der Waals surface area contributed by atoms with Crippen molar-refractivity contribution in [3.05, 3.63) is 35.9 Å². The molecule has 58 valence electrons. The van der Waals surface area contributed by atoms with E-state index in [9.17, 15) is 5.11 Å². The second-order valence-corrected chi connectivity index (χ2v) is 2.82. The molecule has 2 rings (SSSR count). The van der Waals surface area contributed by atoms with Crippen LogP contribution < -0.4 is 0 Å². The minimum Gasteiger partial charge on any atom is -0.387 e. The van der Waals surface area contributed by atoms with E-state index in [1.54, 1.807) is 0 Å². The first kappa shape index (κ1) is 8.96. The van der Waals surface area contributed by atoms with Gasteiger partial charge in [-0.05, 0) is 12.8 Å². The van der Waals surface area contributed by atoms with Crippen molar-refractivity contribution in [2.45, 2.75) is 18.4 Å². The normalized spacial score (nSPS) is 18.6. The van der Waals surface area contributed by atoms with Crippen molar-refractivity contribution < 1.29 is 26.2 Å². The van der Waals surface area contributed by atoms with Crippen LogP contribution in [0, 0.1) is 6.07 Å². The van der Waals surface area contributed by atoms with Crippen LogP contribution in [0.5, 0.6) is 0 Å². The Balaban J connectivity index is 0.000000605. The van der Waals surface area contributed by atoms with Crippen molar-refractivity contribution in [2.24, 2.45) is 0 Å². The van der Waals surface area contributed by atoms with E-state index in [1.807, 2.05) is 24.3 Å². The molecule has 1 nitrogen and oxygen atoms in total. The van der Waals surface area contributed by atoms with Gasteiger partial charge in [0.2, 0.25) is 0 Å². The Morgan fingerprint density at radius 3 is 2.27 bits per heavy atom. The Morgan fingerprint density at radius 2 is 1.82 bits per heavy atom. The Morgan fingerprint density at radius 1 is 1.27 bits per heavy atom. The summed E-state index contributed by atoms with van der Waals surface area (Å²) in [5, 5.41) is 9.59. The van der Waals surface area contributed by atoms with E-state index in [0.29, 0.717) is 0 Å². The quantitative estimate of drug-likeness (QED) is 0.778. The molecule has 11 heavy (non-hydrogen) atoms. The maximum absolute atomic E-state index is 9.59. The molecule has 0 bridgehead atoms. The molecule has 1 aliphatic rings. The zero-order valence-corrected chi connectivity index (χ0v) is 9.01. The van der Waals surface area contributed by atoms with Crippen LogP contribution in [0.15, 0.2) is 24.3 Å². The van der Waals surface area contributed by atoms with Crippen LogP contribution in [0.4, 0.5) is 0 Å². The molecule has 1 aromatic rings. The van der Waals surface area contributed by atoms with Crippen molar-refractivity contribution >= 4 is 0 Å². The van der Waals surface area contributed by atoms with Gasteiger partial charge in [-0.2, -0.15) is 30.3 Å². The first-order valence-electron chi connectivity index (χ1n) is 3.50. The van der Waals surface area contributed by atoms with Gasteiger partial charge in [0.05, 0.1) is 5.60 Å².